The number of rotatable bonds is 3. The summed E-state index contributed by atoms with van der Waals surface area (Å²) in [7, 11) is 0. The molecule has 0 saturated carbocycles. The second-order valence-corrected chi connectivity index (χ2v) is 5.52. The van der Waals surface area contributed by atoms with Crippen LogP contribution < -0.4 is 16.2 Å². The second-order valence-electron chi connectivity index (χ2n) is 4.65. The van der Waals surface area contributed by atoms with E-state index in [0.717, 1.165) is 18.2 Å². The zero-order valence-electron chi connectivity index (χ0n) is 11.4. The maximum Gasteiger partial charge on any atom is 0.272 e. The first-order valence-electron chi connectivity index (χ1n) is 6.65. The fraction of sp³-hybridized carbons (Fsp3) is 0.308. The molecule has 0 bridgehead atoms. The van der Waals surface area contributed by atoms with Gasteiger partial charge in [0.1, 0.15) is 11.5 Å². The molecule has 7 nitrogen and oxygen atoms in total. The highest BCUT2D eigenvalue weighted by Gasteiger charge is 2.24. The van der Waals surface area contributed by atoms with Crippen molar-refractivity contribution in [2.24, 2.45) is 5.84 Å². The predicted molar refractivity (Wildman–Crippen MR) is 82.3 cm³/mol. The highest BCUT2D eigenvalue weighted by atomic mass is 32.1. The monoisotopic (exact) mass is 304 g/mol. The van der Waals surface area contributed by atoms with E-state index in [4.69, 9.17) is 5.84 Å². The third-order valence-electron chi connectivity index (χ3n) is 3.37. The summed E-state index contributed by atoms with van der Waals surface area (Å²) in [5, 5.41) is 2.97. The van der Waals surface area contributed by atoms with Crippen LogP contribution in [0.15, 0.2) is 29.8 Å². The summed E-state index contributed by atoms with van der Waals surface area (Å²) in [5.74, 6) is 5.74. The Morgan fingerprint density at radius 3 is 2.76 bits per heavy atom. The number of aromatic nitrogens is 2. The van der Waals surface area contributed by atoms with E-state index in [-0.39, 0.29) is 5.91 Å². The zero-order valence-corrected chi connectivity index (χ0v) is 12.2. The van der Waals surface area contributed by atoms with Gasteiger partial charge in [-0.15, -0.1) is 11.3 Å². The van der Waals surface area contributed by atoms with Crippen LogP contribution in [0.2, 0.25) is 0 Å². The predicted octanol–water partition coefficient (Wildman–Crippen LogP) is 0.786. The molecule has 110 valence electrons. The molecular weight excluding hydrogens is 288 g/mol. The maximum absolute atomic E-state index is 12.4. The lowest BCUT2D eigenvalue weighted by molar-refractivity contribution is 0.0741. The topological polar surface area (TPSA) is 87.4 Å². The van der Waals surface area contributed by atoms with Crippen molar-refractivity contribution in [1.82, 2.24) is 14.9 Å². The van der Waals surface area contributed by atoms with Crippen LogP contribution in [0.25, 0.3) is 0 Å². The lowest BCUT2D eigenvalue weighted by Crippen LogP contribution is -2.49. The minimum absolute atomic E-state index is 0.0640. The van der Waals surface area contributed by atoms with Crippen LogP contribution in [0.1, 0.15) is 10.5 Å². The van der Waals surface area contributed by atoms with Gasteiger partial charge in [0.25, 0.3) is 5.91 Å². The molecule has 8 heteroatoms. The van der Waals surface area contributed by atoms with E-state index in [9.17, 15) is 4.79 Å². The molecule has 0 radical (unpaired) electrons. The number of carbonyl (C=O) groups excluding carboxylic acids is 1. The van der Waals surface area contributed by atoms with Gasteiger partial charge in [-0.25, -0.2) is 15.8 Å². The smallest absolute Gasteiger partial charge is 0.272 e. The molecule has 21 heavy (non-hydrogen) atoms. The maximum atomic E-state index is 12.4. The summed E-state index contributed by atoms with van der Waals surface area (Å²) in [6.45, 7) is 2.91. The van der Waals surface area contributed by atoms with Crippen LogP contribution >= 0.6 is 11.3 Å². The molecule has 3 heterocycles. The van der Waals surface area contributed by atoms with E-state index in [0.29, 0.717) is 24.6 Å². The SMILES string of the molecule is NNc1cccc(C(=O)N2CCN(c3nccs3)CC2)n1. The first-order valence-corrected chi connectivity index (χ1v) is 7.53. The molecule has 0 aliphatic carbocycles. The van der Waals surface area contributed by atoms with Crippen molar-refractivity contribution in [3.63, 3.8) is 0 Å². The summed E-state index contributed by atoms with van der Waals surface area (Å²) >= 11 is 1.62. The number of nitrogens with zero attached hydrogens (tertiary/aromatic N) is 4. The number of nitrogen functional groups attached to an aromatic ring is 1. The van der Waals surface area contributed by atoms with Crippen molar-refractivity contribution in [3.8, 4) is 0 Å². The fourth-order valence-corrected chi connectivity index (χ4v) is 2.97. The largest absolute Gasteiger partial charge is 0.345 e. The van der Waals surface area contributed by atoms with Crippen LogP contribution in [0, 0.1) is 0 Å². The zero-order chi connectivity index (χ0) is 14.7. The molecular formula is C13H16N6OS. The molecule has 1 saturated heterocycles. The quantitative estimate of drug-likeness (QED) is 0.644. The Morgan fingerprint density at radius 1 is 1.29 bits per heavy atom. The van der Waals surface area contributed by atoms with E-state index >= 15 is 0 Å². The average Bonchev–Trinajstić information content (AvgIpc) is 3.09. The molecule has 3 N–H and O–H groups in total. The second kappa shape index (κ2) is 6.06. The molecule has 0 spiro atoms. The number of amides is 1. The van der Waals surface area contributed by atoms with Crippen molar-refractivity contribution in [2.45, 2.75) is 0 Å². The average molecular weight is 304 g/mol. The number of carbonyl (C=O) groups is 1. The van der Waals surface area contributed by atoms with Gasteiger partial charge in [-0.1, -0.05) is 6.07 Å². The van der Waals surface area contributed by atoms with Crippen molar-refractivity contribution in [2.75, 3.05) is 36.5 Å². The van der Waals surface area contributed by atoms with E-state index in [1.807, 2.05) is 10.3 Å². The van der Waals surface area contributed by atoms with Crippen molar-refractivity contribution < 1.29 is 4.79 Å². The molecule has 1 aliphatic heterocycles. The minimum atomic E-state index is -0.0640. The Hall–Kier alpha value is -2.19. The highest BCUT2D eigenvalue weighted by Crippen LogP contribution is 2.19. The van der Waals surface area contributed by atoms with Crippen LogP contribution in [0.5, 0.6) is 0 Å². The molecule has 2 aromatic heterocycles. The van der Waals surface area contributed by atoms with Crippen molar-refractivity contribution >= 4 is 28.2 Å². The summed E-state index contributed by atoms with van der Waals surface area (Å²) in [6.07, 6.45) is 1.80. The first kappa shape index (κ1) is 13.8. The number of pyridine rings is 1. The standard InChI is InChI=1S/C13H16N6OS/c14-17-11-3-1-2-10(16-11)12(20)18-5-7-19(8-6-18)13-15-4-9-21-13/h1-4,9H,5-8,14H2,(H,16,17). The van der Waals surface area contributed by atoms with Crippen molar-refractivity contribution in [3.05, 3.63) is 35.5 Å². The molecule has 3 rings (SSSR count). The molecule has 0 aromatic carbocycles. The van der Waals surface area contributed by atoms with Crippen LogP contribution in [-0.2, 0) is 0 Å². The molecule has 1 fully saturated rings. The number of hydrogen-bond acceptors (Lipinski definition) is 7. The van der Waals surface area contributed by atoms with E-state index in [1.165, 1.54) is 0 Å². The van der Waals surface area contributed by atoms with Crippen LogP contribution in [0.4, 0.5) is 10.9 Å². The fourth-order valence-electron chi connectivity index (χ4n) is 2.27. The number of nitrogens with two attached hydrogens (primary N) is 1. The molecule has 1 aliphatic rings. The summed E-state index contributed by atoms with van der Waals surface area (Å²) in [5.41, 5.74) is 2.86. The molecule has 0 atom stereocenters. The first-order chi connectivity index (χ1) is 10.3. The van der Waals surface area contributed by atoms with Crippen LogP contribution in [0.3, 0.4) is 0 Å². The highest BCUT2D eigenvalue weighted by molar-refractivity contribution is 7.13. The molecule has 2 aromatic rings. The van der Waals surface area contributed by atoms with E-state index in [1.54, 1.807) is 35.7 Å². The van der Waals surface area contributed by atoms with Gasteiger partial charge in [0.15, 0.2) is 5.13 Å². The lowest BCUT2D eigenvalue weighted by Gasteiger charge is -2.34. The molecule has 0 unspecified atom stereocenters. The number of hydrogen-bond donors (Lipinski definition) is 2. The third kappa shape index (κ3) is 2.96. The summed E-state index contributed by atoms with van der Waals surface area (Å²) < 4.78 is 0. The van der Waals surface area contributed by atoms with Gasteiger partial charge in [-0.3, -0.25) is 4.79 Å². The van der Waals surface area contributed by atoms with Gasteiger partial charge in [0.05, 0.1) is 0 Å². The summed E-state index contributed by atoms with van der Waals surface area (Å²) in [6, 6.07) is 5.19. The van der Waals surface area contributed by atoms with Gasteiger partial charge in [-0.05, 0) is 12.1 Å². The van der Waals surface area contributed by atoms with Gasteiger partial charge < -0.3 is 15.2 Å². The summed E-state index contributed by atoms with van der Waals surface area (Å²) in [4.78, 5) is 24.9. The Bertz CT molecular complexity index is 609. The number of anilines is 2. The number of nitrogens with one attached hydrogen (secondary N) is 1. The Balaban J connectivity index is 1.64. The number of hydrazine groups is 1. The third-order valence-corrected chi connectivity index (χ3v) is 4.21. The van der Waals surface area contributed by atoms with Gasteiger partial charge in [0, 0.05) is 37.8 Å². The van der Waals surface area contributed by atoms with Crippen molar-refractivity contribution in [1.29, 1.82) is 0 Å². The van der Waals surface area contributed by atoms with Crippen LogP contribution in [-0.4, -0.2) is 47.0 Å². The number of thiazole rings is 1. The van der Waals surface area contributed by atoms with Gasteiger partial charge in [0.2, 0.25) is 0 Å². The Kier molecular flexibility index (Phi) is 3.98. The minimum Gasteiger partial charge on any atom is -0.345 e. The lowest BCUT2D eigenvalue weighted by atomic mass is 10.2. The van der Waals surface area contributed by atoms with Gasteiger partial charge >= 0.3 is 0 Å². The van der Waals surface area contributed by atoms with E-state index < -0.39 is 0 Å². The Labute approximate surface area is 126 Å². The molecule has 1 amide bonds. The normalized spacial score (nSPS) is 15.1. The van der Waals surface area contributed by atoms with E-state index in [2.05, 4.69) is 20.3 Å². The van der Waals surface area contributed by atoms with Gasteiger partial charge in [-0.2, -0.15) is 0 Å². The number of piperazine rings is 1. The Morgan fingerprint density at radius 2 is 2.10 bits per heavy atom.